The molecule has 18 heavy (non-hydrogen) atoms. The van der Waals surface area contributed by atoms with E-state index in [1.165, 1.54) is 6.07 Å². The maximum Gasteiger partial charge on any atom is 0.307 e. The summed E-state index contributed by atoms with van der Waals surface area (Å²) in [5, 5.41) is 9.73. The van der Waals surface area contributed by atoms with Gasteiger partial charge in [-0.05, 0) is 23.6 Å². The quantitative estimate of drug-likeness (QED) is 0.865. The van der Waals surface area contributed by atoms with E-state index in [9.17, 15) is 9.59 Å². The fraction of sp³-hybridized carbons (Fsp3) is 0.385. The van der Waals surface area contributed by atoms with Crippen molar-refractivity contribution in [2.24, 2.45) is 17.3 Å². The summed E-state index contributed by atoms with van der Waals surface area (Å²) < 4.78 is 0. The molecule has 1 aliphatic carbocycles. The van der Waals surface area contributed by atoms with Crippen LogP contribution < -0.4 is 0 Å². The van der Waals surface area contributed by atoms with Gasteiger partial charge >= 0.3 is 5.97 Å². The molecule has 1 aromatic carbocycles. The van der Waals surface area contributed by atoms with Crippen molar-refractivity contribution in [3.8, 4) is 0 Å². The van der Waals surface area contributed by atoms with Crippen molar-refractivity contribution in [1.29, 1.82) is 0 Å². The smallest absolute Gasteiger partial charge is 0.307 e. The van der Waals surface area contributed by atoms with Gasteiger partial charge in [-0.1, -0.05) is 37.0 Å². The van der Waals surface area contributed by atoms with Crippen LogP contribution in [0.4, 0.5) is 0 Å². The van der Waals surface area contributed by atoms with Crippen LogP contribution in [0, 0.1) is 17.3 Å². The molecule has 1 fully saturated rings. The molecule has 2 rings (SSSR count). The van der Waals surface area contributed by atoms with E-state index in [0.717, 1.165) is 0 Å². The van der Waals surface area contributed by atoms with Crippen molar-refractivity contribution in [3.05, 3.63) is 33.8 Å². The lowest BCUT2D eigenvalue weighted by Crippen LogP contribution is -2.08. The van der Waals surface area contributed by atoms with Crippen molar-refractivity contribution >= 4 is 35.0 Å². The number of halogens is 2. The number of carboxylic acids is 1. The van der Waals surface area contributed by atoms with Crippen molar-refractivity contribution in [2.45, 2.75) is 13.8 Å². The van der Waals surface area contributed by atoms with Gasteiger partial charge in [0.05, 0.1) is 16.0 Å². The van der Waals surface area contributed by atoms with Crippen molar-refractivity contribution in [2.75, 3.05) is 0 Å². The minimum atomic E-state index is -0.932. The van der Waals surface area contributed by atoms with Crippen molar-refractivity contribution in [1.82, 2.24) is 0 Å². The second-order valence-electron chi connectivity index (χ2n) is 5.11. The van der Waals surface area contributed by atoms with Gasteiger partial charge in [-0.25, -0.2) is 0 Å². The van der Waals surface area contributed by atoms with Crippen LogP contribution in [0.2, 0.25) is 10.0 Å². The molecule has 0 heterocycles. The standard InChI is InChI=1S/C13H12Cl2O3/c1-13(2)9(10(13)12(17)18)11(16)6-3-4-7(14)8(15)5-6/h3-5,9-10H,1-2H3,(H,17,18)/t9-,10-/m1/s1. The number of benzene rings is 1. The zero-order valence-electron chi connectivity index (χ0n) is 9.91. The summed E-state index contributed by atoms with van der Waals surface area (Å²) in [5.74, 6) is -2.24. The van der Waals surface area contributed by atoms with Crippen molar-refractivity contribution in [3.63, 3.8) is 0 Å². The zero-order valence-corrected chi connectivity index (χ0v) is 11.4. The Balaban J connectivity index is 2.28. The molecule has 0 spiro atoms. The minimum Gasteiger partial charge on any atom is -0.481 e. The molecule has 96 valence electrons. The summed E-state index contributed by atoms with van der Waals surface area (Å²) in [6.45, 7) is 3.57. The molecule has 2 atom stereocenters. The third-order valence-electron chi connectivity index (χ3n) is 3.58. The summed E-state index contributed by atoms with van der Waals surface area (Å²) in [4.78, 5) is 23.3. The highest BCUT2D eigenvalue weighted by molar-refractivity contribution is 6.42. The van der Waals surface area contributed by atoms with Gasteiger partial charge in [0.1, 0.15) is 0 Å². The lowest BCUT2D eigenvalue weighted by molar-refractivity contribution is -0.139. The van der Waals surface area contributed by atoms with Crippen LogP contribution in [0.25, 0.3) is 0 Å². The Kier molecular flexibility index (Phi) is 3.16. The Hall–Kier alpha value is -1.06. The molecular formula is C13H12Cl2O3. The Morgan fingerprint density at radius 1 is 1.17 bits per heavy atom. The van der Waals surface area contributed by atoms with E-state index in [1.807, 2.05) is 0 Å². The number of hydrogen-bond donors (Lipinski definition) is 1. The molecule has 1 aliphatic rings. The van der Waals surface area contributed by atoms with E-state index in [-0.39, 0.29) is 5.78 Å². The van der Waals surface area contributed by atoms with E-state index in [2.05, 4.69) is 0 Å². The molecule has 0 unspecified atom stereocenters. The van der Waals surface area contributed by atoms with Crippen molar-refractivity contribution < 1.29 is 14.7 Å². The predicted octanol–water partition coefficient (Wildman–Crippen LogP) is 3.53. The lowest BCUT2D eigenvalue weighted by Gasteiger charge is -2.03. The van der Waals surface area contributed by atoms with Gasteiger partial charge in [0, 0.05) is 11.5 Å². The number of hydrogen-bond acceptors (Lipinski definition) is 2. The highest BCUT2D eigenvalue weighted by atomic mass is 35.5. The Bertz CT molecular complexity index is 537. The number of Topliss-reactive ketones (excluding diaryl/α,β-unsaturated/α-hetero) is 1. The van der Waals surface area contributed by atoms with E-state index in [4.69, 9.17) is 28.3 Å². The monoisotopic (exact) mass is 286 g/mol. The van der Waals surface area contributed by atoms with Gasteiger partial charge in [0.2, 0.25) is 0 Å². The summed E-state index contributed by atoms with van der Waals surface area (Å²) in [5.41, 5.74) is -0.0964. The molecule has 1 N–H and O–H groups in total. The molecule has 3 nitrogen and oxygen atoms in total. The number of ketones is 1. The minimum absolute atomic E-state index is 0.189. The molecule has 0 radical (unpaired) electrons. The second-order valence-corrected chi connectivity index (χ2v) is 5.92. The maximum absolute atomic E-state index is 12.2. The normalized spacial score (nSPS) is 24.7. The predicted molar refractivity (Wildman–Crippen MR) is 69.2 cm³/mol. The molecule has 0 bridgehead atoms. The van der Waals surface area contributed by atoms with E-state index < -0.39 is 23.2 Å². The van der Waals surface area contributed by atoms with Crippen LogP contribution in [0.5, 0.6) is 0 Å². The number of carboxylic acid groups (broad SMARTS) is 1. The lowest BCUT2D eigenvalue weighted by atomic mass is 10.0. The van der Waals surface area contributed by atoms with Gasteiger partial charge in [-0.3, -0.25) is 9.59 Å². The number of carbonyl (C=O) groups excluding carboxylic acids is 1. The fourth-order valence-corrected chi connectivity index (χ4v) is 2.72. The Morgan fingerprint density at radius 3 is 2.22 bits per heavy atom. The first-order valence-electron chi connectivity index (χ1n) is 5.49. The van der Waals surface area contributed by atoms with Crippen LogP contribution in [-0.2, 0) is 4.79 Å². The molecule has 0 aliphatic heterocycles. The Labute approximate surface area is 115 Å². The summed E-state index contributed by atoms with van der Waals surface area (Å²) in [6, 6.07) is 4.60. The van der Waals surface area contributed by atoms with Crippen LogP contribution in [0.3, 0.4) is 0 Å². The van der Waals surface area contributed by atoms with Gasteiger partial charge < -0.3 is 5.11 Å². The largest absolute Gasteiger partial charge is 0.481 e. The van der Waals surface area contributed by atoms with E-state index in [0.29, 0.717) is 15.6 Å². The topological polar surface area (TPSA) is 54.4 Å². The highest BCUT2D eigenvalue weighted by Crippen LogP contribution is 2.59. The first kappa shape index (κ1) is 13.4. The van der Waals surface area contributed by atoms with Crippen LogP contribution >= 0.6 is 23.2 Å². The first-order chi connectivity index (χ1) is 8.26. The molecule has 0 saturated heterocycles. The molecule has 5 heteroatoms. The van der Waals surface area contributed by atoms with Crippen LogP contribution in [-0.4, -0.2) is 16.9 Å². The van der Waals surface area contributed by atoms with Gasteiger partial charge in [-0.15, -0.1) is 0 Å². The summed E-state index contributed by atoms with van der Waals surface area (Å²) >= 11 is 11.6. The Morgan fingerprint density at radius 2 is 1.78 bits per heavy atom. The molecule has 1 aromatic rings. The maximum atomic E-state index is 12.2. The first-order valence-corrected chi connectivity index (χ1v) is 6.24. The van der Waals surface area contributed by atoms with E-state index in [1.54, 1.807) is 26.0 Å². The molecule has 0 aromatic heterocycles. The van der Waals surface area contributed by atoms with Gasteiger partial charge in [0.15, 0.2) is 5.78 Å². The van der Waals surface area contributed by atoms with E-state index >= 15 is 0 Å². The molecular weight excluding hydrogens is 275 g/mol. The summed E-state index contributed by atoms with van der Waals surface area (Å²) in [7, 11) is 0. The SMILES string of the molecule is CC1(C)[C@@H](C(=O)O)[C@@H]1C(=O)c1ccc(Cl)c(Cl)c1. The van der Waals surface area contributed by atoms with Crippen LogP contribution in [0.15, 0.2) is 18.2 Å². The second kappa shape index (κ2) is 4.25. The summed E-state index contributed by atoms with van der Waals surface area (Å²) in [6.07, 6.45) is 0. The molecule has 0 amide bonds. The highest BCUT2D eigenvalue weighted by Gasteiger charge is 2.65. The fourth-order valence-electron chi connectivity index (χ4n) is 2.42. The number of carbonyl (C=O) groups is 2. The third-order valence-corrected chi connectivity index (χ3v) is 4.32. The zero-order chi connectivity index (χ0) is 13.7. The average Bonchev–Trinajstić information content (AvgIpc) is 2.85. The molecule has 1 saturated carbocycles. The van der Waals surface area contributed by atoms with Gasteiger partial charge in [0.25, 0.3) is 0 Å². The van der Waals surface area contributed by atoms with Crippen LogP contribution in [0.1, 0.15) is 24.2 Å². The third kappa shape index (κ3) is 2.02. The average molecular weight is 287 g/mol. The number of aliphatic carboxylic acids is 1. The van der Waals surface area contributed by atoms with Gasteiger partial charge in [-0.2, -0.15) is 0 Å². The number of rotatable bonds is 3.